The standard InChI is InChI=1S/C12H25NO/c1-5-10-13-11(14)8-6-7-9-12(2,3)4/h5-10H2,1-4H3,(H,13,14). The summed E-state index contributed by atoms with van der Waals surface area (Å²) in [5.74, 6) is 0.209. The van der Waals surface area contributed by atoms with Crippen LogP contribution in [0.5, 0.6) is 0 Å². The van der Waals surface area contributed by atoms with Crippen molar-refractivity contribution in [2.75, 3.05) is 6.54 Å². The molecule has 14 heavy (non-hydrogen) atoms. The van der Waals surface area contributed by atoms with Crippen molar-refractivity contribution < 1.29 is 4.79 Å². The highest BCUT2D eigenvalue weighted by Crippen LogP contribution is 2.21. The lowest BCUT2D eigenvalue weighted by Crippen LogP contribution is -2.23. The monoisotopic (exact) mass is 199 g/mol. The van der Waals surface area contributed by atoms with E-state index in [9.17, 15) is 4.79 Å². The Labute approximate surface area is 88.5 Å². The molecular weight excluding hydrogens is 174 g/mol. The molecule has 0 radical (unpaired) electrons. The van der Waals surface area contributed by atoms with Crippen molar-refractivity contribution in [1.82, 2.24) is 5.32 Å². The van der Waals surface area contributed by atoms with Crippen LogP contribution in [0.1, 0.15) is 59.8 Å². The first kappa shape index (κ1) is 13.5. The van der Waals surface area contributed by atoms with Gasteiger partial charge in [-0.05, 0) is 24.7 Å². The Kier molecular flexibility index (Phi) is 6.60. The second-order valence-electron chi connectivity index (χ2n) is 5.12. The van der Waals surface area contributed by atoms with Crippen LogP contribution in [0.15, 0.2) is 0 Å². The van der Waals surface area contributed by atoms with E-state index in [1.807, 2.05) is 0 Å². The van der Waals surface area contributed by atoms with Crippen LogP contribution in [0.25, 0.3) is 0 Å². The smallest absolute Gasteiger partial charge is 0.219 e. The number of hydrogen-bond acceptors (Lipinski definition) is 1. The molecule has 0 bridgehead atoms. The molecule has 2 nitrogen and oxygen atoms in total. The maximum atomic E-state index is 11.2. The zero-order valence-electron chi connectivity index (χ0n) is 10.2. The van der Waals surface area contributed by atoms with Crippen molar-refractivity contribution in [2.24, 2.45) is 5.41 Å². The Morgan fingerprint density at radius 3 is 2.36 bits per heavy atom. The van der Waals surface area contributed by atoms with Crippen molar-refractivity contribution >= 4 is 5.91 Å². The molecule has 0 spiro atoms. The predicted octanol–water partition coefficient (Wildman–Crippen LogP) is 3.12. The van der Waals surface area contributed by atoms with Crippen LogP contribution in [-0.4, -0.2) is 12.5 Å². The van der Waals surface area contributed by atoms with Crippen molar-refractivity contribution in [2.45, 2.75) is 59.8 Å². The summed E-state index contributed by atoms with van der Waals surface area (Å²) in [7, 11) is 0. The minimum absolute atomic E-state index is 0.209. The third kappa shape index (κ3) is 9.56. The van der Waals surface area contributed by atoms with Gasteiger partial charge in [0.25, 0.3) is 0 Å². The number of hydrogen-bond donors (Lipinski definition) is 1. The van der Waals surface area contributed by atoms with Crippen LogP contribution >= 0.6 is 0 Å². The average Bonchev–Trinajstić information content (AvgIpc) is 2.07. The van der Waals surface area contributed by atoms with Crippen LogP contribution in [0.3, 0.4) is 0 Å². The van der Waals surface area contributed by atoms with Gasteiger partial charge in [-0.3, -0.25) is 4.79 Å². The third-order valence-corrected chi connectivity index (χ3v) is 2.15. The molecule has 2 heteroatoms. The van der Waals surface area contributed by atoms with Crippen LogP contribution in [0, 0.1) is 5.41 Å². The van der Waals surface area contributed by atoms with E-state index in [0.717, 1.165) is 25.8 Å². The molecular formula is C12H25NO. The maximum Gasteiger partial charge on any atom is 0.219 e. The average molecular weight is 199 g/mol. The third-order valence-electron chi connectivity index (χ3n) is 2.15. The molecule has 0 aromatic carbocycles. The maximum absolute atomic E-state index is 11.2. The molecule has 0 aliphatic carbocycles. The Hall–Kier alpha value is -0.530. The van der Waals surface area contributed by atoms with Crippen LogP contribution < -0.4 is 5.32 Å². The van der Waals surface area contributed by atoms with Crippen molar-refractivity contribution in [3.05, 3.63) is 0 Å². The highest BCUT2D eigenvalue weighted by molar-refractivity contribution is 5.75. The first-order valence-corrected chi connectivity index (χ1v) is 5.72. The van der Waals surface area contributed by atoms with E-state index in [1.54, 1.807) is 0 Å². The van der Waals surface area contributed by atoms with E-state index in [0.29, 0.717) is 11.8 Å². The number of carbonyl (C=O) groups excluding carboxylic acids is 1. The highest BCUT2D eigenvalue weighted by Gasteiger charge is 2.09. The molecule has 0 aliphatic rings. The van der Waals surface area contributed by atoms with Crippen molar-refractivity contribution in [3.63, 3.8) is 0 Å². The Bertz CT molecular complexity index is 158. The fourth-order valence-corrected chi connectivity index (χ4v) is 1.29. The second kappa shape index (κ2) is 6.86. The summed E-state index contributed by atoms with van der Waals surface area (Å²) in [6.07, 6.45) is 5.09. The molecule has 0 saturated carbocycles. The van der Waals surface area contributed by atoms with Gasteiger partial charge in [-0.2, -0.15) is 0 Å². The van der Waals surface area contributed by atoms with Crippen LogP contribution in [0.2, 0.25) is 0 Å². The van der Waals surface area contributed by atoms with Crippen LogP contribution in [-0.2, 0) is 4.79 Å². The quantitative estimate of drug-likeness (QED) is 0.654. The first-order chi connectivity index (χ1) is 6.45. The molecule has 0 unspecified atom stereocenters. The SMILES string of the molecule is CCCNC(=O)CCCCC(C)(C)C. The molecule has 0 heterocycles. The molecule has 0 atom stereocenters. The van der Waals surface area contributed by atoms with Gasteiger partial charge in [0, 0.05) is 13.0 Å². The van der Waals surface area contributed by atoms with Gasteiger partial charge >= 0.3 is 0 Å². The van der Waals surface area contributed by atoms with Gasteiger partial charge in [0.2, 0.25) is 5.91 Å². The lowest BCUT2D eigenvalue weighted by molar-refractivity contribution is -0.121. The molecule has 1 N–H and O–H groups in total. The van der Waals surface area contributed by atoms with Gasteiger partial charge in [-0.25, -0.2) is 0 Å². The minimum Gasteiger partial charge on any atom is -0.356 e. The number of rotatable bonds is 6. The minimum atomic E-state index is 0.209. The zero-order valence-corrected chi connectivity index (χ0v) is 10.2. The largest absolute Gasteiger partial charge is 0.356 e. The van der Waals surface area contributed by atoms with Crippen molar-refractivity contribution in [3.8, 4) is 0 Å². The van der Waals surface area contributed by atoms with E-state index in [1.165, 1.54) is 6.42 Å². The number of unbranched alkanes of at least 4 members (excludes halogenated alkanes) is 1. The van der Waals surface area contributed by atoms with Crippen LogP contribution in [0.4, 0.5) is 0 Å². The Morgan fingerprint density at radius 2 is 1.86 bits per heavy atom. The molecule has 0 rings (SSSR count). The summed E-state index contributed by atoms with van der Waals surface area (Å²) < 4.78 is 0. The summed E-state index contributed by atoms with van der Waals surface area (Å²) in [4.78, 5) is 11.2. The summed E-state index contributed by atoms with van der Waals surface area (Å²) in [6.45, 7) is 9.61. The van der Waals surface area contributed by atoms with Gasteiger partial charge in [-0.15, -0.1) is 0 Å². The lowest BCUT2D eigenvalue weighted by atomic mass is 9.89. The van der Waals surface area contributed by atoms with E-state index in [-0.39, 0.29) is 5.91 Å². The van der Waals surface area contributed by atoms with Gasteiger partial charge in [0.05, 0.1) is 0 Å². The summed E-state index contributed by atoms with van der Waals surface area (Å²) in [5.41, 5.74) is 0.403. The molecule has 84 valence electrons. The predicted molar refractivity (Wildman–Crippen MR) is 61.2 cm³/mol. The Balaban J connectivity index is 3.32. The summed E-state index contributed by atoms with van der Waals surface area (Å²) in [6, 6.07) is 0. The van der Waals surface area contributed by atoms with E-state index < -0.39 is 0 Å². The molecule has 0 saturated heterocycles. The molecule has 0 aromatic rings. The van der Waals surface area contributed by atoms with Crippen molar-refractivity contribution in [1.29, 1.82) is 0 Å². The zero-order chi connectivity index (χ0) is 11.0. The lowest BCUT2D eigenvalue weighted by Gasteiger charge is -2.17. The van der Waals surface area contributed by atoms with Gasteiger partial charge in [0.1, 0.15) is 0 Å². The fraction of sp³-hybridized carbons (Fsp3) is 0.917. The summed E-state index contributed by atoms with van der Waals surface area (Å²) >= 11 is 0. The van der Waals surface area contributed by atoms with Gasteiger partial charge < -0.3 is 5.32 Å². The second-order valence-corrected chi connectivity index (χ2v) is 5.12. The Morgan fingerprint density at radius 1 is 1.21 bits per heavy atom. The first-order valence-electron chi connectivity index (χ1n) is 5.72. The summed E-state index contributed by atoms with van der Waals surface area (Å²) in [5, 5.41) is 2.89. The van der Waals surface area contributed by atoms with E-state index in [4.69, 9.17) is 0 Å². The van der Waals surface area contributed by atoms with Gasteiger partial charge in [-0.1, -0.05) is 34.1 Å². The number of nitrogens with one attached hydrogen (secondary N) is 1. The molecule has 0 aromatic heterocycles. The van der Waals surface area contributed by atoms with E-state index >= 15 is 0 Å². The molecule has 0 aliphatic heterocycles. The number of carbonyl (C=O) groups is 1. The normalized spacial score (nSPS) is 11.4. The van der Waals surface area contributed by atoms with Gasteiger partial charge in [0.15, 0.2) is 0 Å². The molecule has 0 fully saturated rings. The highest BCUT2D eigenvalue weighted by atomic mass is 16.1. The molecule has 1 amide bonds. The topological polar surface area (TPSA) is 29.1 Å². The van der Waals surface area contributed by atoms with E-state index in [2.05, 4.69) is 33.0 Å². The number of amides is 1. The fourth-order valence-electron chi connectivity index (χ4n) is 1.29.